The van der Waals surface area contributed by atoms with Crippen molar-refractivity contribution >= 4 is 18.0 Å². The molecule has 1 aliphatic heterocycles. The van der Waals surface area contributed by atoms with E-state index in [0.717, 1.165) is 41.5 Å². The Kier molecular flexibility index (Phi) is 7.85. The summed E-state index contributed by atoms with van der Waals surface area (Å²) in [5.74, 6) is -1.48. The quantitative estimate of drug-likeness (QED) is 0.538. The van der Waals surface area contributed by atoms with Crippen LogP contribution in [0.3, 0.4) is 0 Å². The average Bonchev–Trinajstić information content (AvgIpc) is 3.00. The van der Waals surface area contributed by atoms with Crippen molar-refractivity contribution in [1.82, 2.24) is 10.2 Å². The predicted molar refractivity (Wildman–Crippen MR) is 133 cm³/mol. The van der Waals surface area contributed by atoms with Crippen LogP contribution in [0.4, 0.5) is 4.79 Å². The summed E-state index contributed by atoms with van der Waals surface area (Å²) in [5.41, 5.74) is 4.48. The Balaban J connectivity index is 1.45. The molecule has 7 nitrogen and oxygen atoms in total. The molecule has 2 aliphatic rings. The second kappa shape index (κ2) is 11.2. The Morgan fingerprint density at radius 1 is 1.06 bits per heavy atom. The molecular formula is C28H32N2O5. The molecule has 1 fully saturated rings. The zero-order chi connectivity index (χ0) is 24.8. The molecule has 184 valence electrons. The van der Waals surface area contributed by atoms with Crippen molar-refractivity contribution in [3.63, 3.8) is 0 Å². The van der Waals surface area contributed by atoms with Gasteiger partial charge in [0.05, 0.1) is 0 Å². The number of aliphatic carboxylic acids is 1. The van der Waals surface area contributed by atoms with E-state index in [1.54, 1.807) is 6.08 Å². The average molecular weight is 477 g/mol. The van der Waals surface area contributed by atoms with E-state index < -0.39 is 24.1 Å². The third-order valence-electron chi connectivity index (χ3n) is 6.91. The number of fused-ring (bicyclic) bond motifs is 3. The Bertz CT molecular complexity index is 1050. The van der Waals surface area contributed by atoms with Crippen LogP contribution < -0.4 is 5.32 Å². The van der Waals surface area contributed by atoms with Crippen molar-refractivity contribution in [2.75, 3.05) is 13.2 Å². The molecule has 7 heteroatoms. The van der Waals surface area contributed by atoms with Crippen molar-refractivity contribution in [1.29, 1.82) is 0 Å². The third kappa shape index (κ3) is 5.39. The highest BCUT2D eigenvalue weighted by Gasteiger charge is 2.35. The SMILES string of the molecule is C=CCCC(NC(=O)OCC1c2ccccc2-c2ccccc21)C(=O)N1CCCCCC1C(=O)O. The fourth-order valence-electron chi connectivity index (χ4n) is 5.15. The minimum Gasteiger partial charge on any atom is -0.480 e. The number of carbonyl (C=O) groups excluding carboxylic acids is 2. The highest BCUT2D eigenvalue weighted by atomic mass is 16.5. The second-order valence-electron chi connectivity index (χ2n) is 9.12. The highest BCUT2D eigenvalue weighted by molar-refractivity contribution is 5.89. The monoisotopic (exact) mass is 476 g/mol. The minimum absolute atomic E-state index is 0.0857. The van der Waals surface area contributed by atoms with Crippen LogP contribution in [0.25, 0.3) is 11.1 Å². The van der Waals surface area contributed by atoms with Gasteiger partial charge in [-0.15, -0.1) is 6.58 Å². The maximum absolute atomic E-state index is 13.4. The summed E-state index contributed by atoms with van der Waals surface area (Å²) in [6.07, 6.45) is 4.63. The normalized spacial score (nSPS) is 18.1. The zero-order valence-electron chi connectivity index (χ0n) is 19.8. The molecule has 0 radical (unpaired) electrons. The molecule has 2 aromatic carbocycles. The number of carbonyl (C=O) groups is 3. The first kappa shape index (κ1) is 24.5. The van der Waals surface area contributed by atoms with Gasteiger partial charge in [0.25, 0.3) is 0 Å². The Labute approximate surface area is 205 Å². The van der Waals surface area contributed by atoms with Gasteiger partial charge in [-0.05, 0) is 47.9 Å². The number of rotatable bonds is 8. The molecule has 1 aliphatic carbocycles. The number of allylic oxidation sites excluding steroid dienone is 1. The molecule has 0 bridgehead atoms. The van der Waals surface area contributed by atoms with Crippen LogP contribution in [0.15, 0.2) is 61.2 Å². The summed E-state index contributed by atoms with van der Waals surface area (Å²) in [5, 5.41) is 12.4. The molecule has 2 amide bonds. The predicted octanol–water partition coefficient (Wildman–Crippen LogP) is 4.72. The van der Waals surface area contributed by atoms with Crippen LogP contribution in [0.2, 0.25) is 0 Å². The summed E-state index contributed by atoms with van der Waals surface area (Å²) < 4.78 is 5.62. The van der Waals surface area contributed by atoms with Gasteiger partial charge in [0.2, 0.25) is 5.91 Å². The summed E-state index contributed by atoms with van der Waals surface area (Å²) in [4.78, 5) is 39.4. The molecule has 2 aromatic rings. The van der Waals surface area contributed by atoms with Crippen molar-refractivity contribution < 1.29 is 24.2 Å². The van der Waals surface area contributed by atoms with E-state index in [0.29, 0.717) is 25.8 Å². The lowest BCUT2D eigenvalue weighted by Crippen LogP contribution is -2.53. The molecule has 0 saturated carbocycles. The van der Waals surface area contributed by atoms with Crippen LogP contribution in [0.5, 0.6) is 0 Å². The van der Waals surface area contributed by atoms with Gasteiger partial charge in [0.15, 0.2) is 0 Å². The maximum atomic E-state index is 13.4. The number of nitrogens with one attached hydrogen (secondary N) is 1. The number of carboxylic acid groups (broad SMARTS) is 1. The van der Waals surface area contributed by atoms with E-state index in [1.165, 1.54) is 4.90 Å². The maximum Gasteiger partial charge on any atom is 0.407 e. The van der Waals surface area contributed by atoms with Gasteiger partial charge < -0.3 is 20.1 Å². The fourth-order valence-corrected chi connectivity index (χ4v) is 5.15. The summed E-state index contributed by atoms with van der Waals surface area (Å²) in [7, 11) is 0. The number of likely N-dealkylation sites (tertiary alicyclic amines) is 1. The molecule has 2 N–H and O–H groups in total. The first-order chi connectivity index (χ1) is 17.0. The topological polar surface area (TPSA) is 95.9 Å². The lowest BCUT2D eigenvalue weighted by atomic mass is 9.98. The number of hydrogen-bond donors (Lipinski definition) is 2. The highest BCUT2D eigenvalue weighted by Crippen LogP contribution is 2.44. The van der Waals surface area contributed by atoms with Crippen molar-refractivity contribution in [3.05, 3.63) is 72.3 Å². The van der Waals surface area contributed by atoms with Crippen LogP contribution in [-0.2, 0) is 14.3 Å². The molecule has 1 saturated heterocycles. The van der Waals surface area contributed by atoms with Gasteiger partial charge in [0, 0.05) is 12.5 Å². The smallest absolute Gasteiger partial charge is 0.407 e. The standard InChI is InChI=1S/C28H32N2O5/c1-2-3-15-24(26(31)30-17-10-4-5-16-25(30)27(32)33)29-28(34)35-18-23-21-13-8-6-11-19(21)20-12-7-9-14-22(20)23/h2,6-9,11-14,23-25H,1,3-5,10,15-18H2,(H,29,34)(H,32,33). The molecule has 0 aromatic heterocycles. The van der Waals surface area contributed by atoms with Crippen LogP contribution in [0.1, 0.15) is 55.6 Å². The van der Waals surface area contributed by atoms with Gasteiger partial charge in [0.1, 0.15) is 18.7 Å². The number of nitrogens with zero attached hydrogens (tertiary/aromatic N) is 1. The van der Waals surface area contributed by atoms with Gasteiger partial charge in [-0.1, -0.05) is 67.4 Å². The third-order valence-corrected chi connectivity index (χ3v) is 6.91. The summed E-state index contributed by atoms with van der Waals surface area (Å²) in [6, 6.07) is 14.4. The number of carboxylic acids is 1. The number of amides is 2. The Morgan fingerprint density at radius 2 is 1.71 bits per heavy atom. The van der Waals surface area contributed by atoms with Gasteiger partial charge in [-0.2, -0.15) is 0 Å². The van der Waals surface area contributed by atoms with E-state index >= 15 is 0 Å². The minimum atomic E-state index is -1.01. The molecule has 2 atom stereocenters. The number of ether oxygens (including phenoxy) is 1. The van der Waals surface area contributed by atoms with E-state index in [-0.39, 0.29) is 18.4 Å². The van der Waals surface area contributed by atoms with Gasteiger partial charge >= 0.3 is 12.1 Å². The second-order valence-corrected chi connectivity index (χ2v) is 9.12. The largest absolute Gasteiger partial charge is 0.480 e. The van der Waals surface area contributed by atoms with Crippen LogP contribution in [0, 0.1) is 0 Å². The van der Waals surface area contributed by atoms with E-state index in [4.69, 9.17) is 4.74 Å². The van der Waals surface area contributed by atoms with Gasteiger partial charge in [-0.25, -0.2) is 9.59 Å². The lowest BCUT2D eigenvalue weighted by molar-refractivity contribution is -0.151. The Morgan fingerprint density at radius 3 is 2.34 bits per heavy atom. The molecule has 0 spiro atoms. The van der Waals surface area contributed by atoms with E-state index in [9.17, 15) is 19.5 Å². The molecular weight excluding hydrogens is 444 g/mol. The first-order valence-corrected chi connectivity index (χ1v) is 12.3. The van der Waals surface area contributed by atoms with E-state index in [2.05, 4.69) is 24.0 Å². The molecule has 4 rings (SSSR count). The first-order valence-electron chi connectivity index (χ1n) is 12.3. The number of benzene rings is 2. The summed E-state index contributed by atoms with van der Waals surface area (Å²) >= 11 is 0. The number of alkyl carbamates (subject to hydrolysis) is 1. The van der Waals surface area contributed by atoms with Crippen LogP contribution in [-0.4, -0.2) is 53.2 Å². The fraction of sp³-hybridized carbons (Fsp3) is 0.393. The molecule has 35 heavy (non-hydrogen) atoms. The van der Waals surface area contributed by atoms with Crippen molar-refractivity contribution in [3.8, 4) is 11.1 Å². The van der Waals surface area contributed by atoms with Crippen molar-refractivity contribution in [2.24, 2.45) is 0 Å². The van der Waals surface area contributed by atoms with Crippen LogP contribution >= 0.6 is 0 Å². The lowest BCUT2D eigenvalue weighted by Gasteiger charge is -2.31. The van der Waals surface area contributed by atoms with E-state index in [1.807, 2.05) is 36.4 Å². The molecule has 1 heterocycles. The Hall–Kier alpha value is -3.61. The molecule has 2 unspecified atom stereocenters. The van der Waals surface area contributed by atoms with Crippen molar-refractivity contribution in [2.45, 2.75) is 56.5 Å². The summed E-state index contributed by atoms with van der Waals surface area (Å²) in [6.45, 7) is 4.22. The van der Waals surface area contributed by atoms with Gasteiger partial charge in [-0.3, -0.25) is 4.79 Å². The number of hydrogen-bond acceptors (Lipinski definition) is 4. The zero-order valence-corrected chi connectivity index (χ0v) is 19.8.